The van der Waals surface area contributed by atoms with Crippen molar-refractivity contribution in [1.29, 1.82) is 0 Å². The number of fused-ring (bicyclic) bond motifs is 3. The van der Waals surface area contributed by atoms with Crippen LogP contribution in [0.3, 0.4) is 0 Å². The molecule has 0 saturated carbocycles. The monoisotopic (exact) mass is 366 g/mol. The van der Waals surface area contributed by atoms with Crippen LogP contribution in [0.2, 0.25) is 0 Å². The van der Waals surface area contributed by atoms with Gasteiger partial charge >= 0.3 is 0 Å². The molecule has 0 aliphatic heterocycles. The zero-order valence-corrected chi connectivity index (χ0v) is 13.5. The molecule has 0 aliphatic carbocycles. The van der Waals surface area contributed by atoms with E-state index in [9.17, 15) is 10.1 Å². The first-order valence-corrected chi connectivity index (χ1v) is 7.88. The van der Waals surface area contributed by atoms with Gasteiger partial charge in [-0.2, -0.15) is 0 Å². The highest BCUT2D eigenvalue weighted by molar-refractivity contribution is 9.10. The van der Waals surface area contributed by atoms with Crippen LogP contribution >= 0.6 is 15.9 Å². The van der Waals surface area contributed by atoms with Crippen molar-refractivity contribution in [2.24, 2.45) is 0 Å². The molecule has 23 heavy (non-hydrogen) atoms. The minimum absolute atomic E-state index is 0.0932. The largest absolute Gasteiger partial charge is 0.309 e. The van der Waals surface area contributed by atoms with Gasteiger partial charge in [-0.1, -0.05) is 40.2 Å². The average Bonchev–Trinajstić information content (AvgIpc) is 2.88. The normalized spacial score (nSPS) is 11.2. The van der Waals surface area contributed by atoms with E-state index >= 15 is 0 Å². The molecule has 0 atom stereocenters. The van der Waals surface area contributed by atoms with E-state index in [1.54, 1.807) is 12.1 Å². The SMILES string of the molecule is O=[N+]([O-])c1ccc(-n2c3ccccc3c3ccc(Br)cc32)cc1. The maximum Gasteiger partial charge on any atom is 0.269 e. The Balaban J connectivity index is 2.07. The van der Waals surface area contributed by atoms with Crippen molar-refractivity contribution < 1.29 is 4.92 Å². The van der Waals surface area contributed by atoms with E-state index in [-0.39, 0.29) is 10.6 Å². The number of rotatable bonds is 2. The predicted molar refractivity (Wildman–Crippen MR) is 95.1 cm³/mol. The number of nitro benzene ring substituents is 1. The van der Waals surface area contributed by atoms with Crippen LogP contribution in [-0.2, 0) is 0 Å². The topological polar surface area (TPSA) is 48.1 Å². The first-order valence-electron chi connectivity index (χ1n) is 7.09. The molecule has 4 nitrogen and oxygen atoms in total. The second-order valence-electron chi connectivity index (χ2n) is 5.29. The Bertz CT molecular complexity index is 1050. The quantitative estimate of drug-likeness (QED) is 0.349. The third-order valence-corrected chi connectivity index (χ3v) is 4.45. The summed E-state index contributed by atoms with van der Waals surface area (Å²) in [6, 6.07) is 21.0. The van der Waals surface area contributed by atoms with Crippen LogP contribution in [0.5, 0.6) is 0 Å². The van der Waals surface area contributed by atoms with Crippen LogP contribution in [0.4, 0.5) is 5.69 Å². The number of hydrogen-bond acceptors (Lipinski definition) is 2. The number of nitro groups is 1. The summed E-state index contributed by atoms with van der Waals surface area (Å²) in [6.07, 6.45) is 0. The first kappa shape index (κ1) is 14.0. The molecular weight excluding hydrogens is 356 g/mol. The van der Waals surface area contributed by atoms with Crippen molar-refractivity contribution in [2.45, 2.75) is 0 Å². The van der Waals surface area contributed by atoms with Gasteiger partial charge in [-0.15, -0.1) is 0 Å². The van der Waals surface area contributed by atoms with E-state index in [1.165, 1.54) is 12.1 Å². The molecule has 5 heteroatoms. The van der Waals surface area contributed by atoms with Crippen molar-refractivity contribution in [3.8, 4) is 5.69 Å². The third kappa shape index (κ3) is 2.21. The number of non-ortho nitro benzene ring substituents is 1. The van der Waals surface area contributed by atoms with Gasteiger partial charge in [0.05, 0.1) is 16.0 Å². The van der Waals surface area contributed by atoms with Gasteiger partial charge in [-0.3, -0.25) is 10.1 Å². The summed E-state index contributed by atoms with van der Waals surface area (Å²) in [5.41, 5.74) is 3.14. The van der Waals surface area contributed by atoms with Gasteiger partial charge in [0.15, 0.2) is 0 Å². The van der Waals surface area contributed by atoms with Crippen LogP contribution in [-0.4, -0.2) is 9.49 Å². The molecule has 1 aromatic heterocycles. The van der Waals surface area contributed by atoms with Crippen LogP contribution in [0, 0.1) is 10.1 Å². The second kappa shape index (κ2) is 5.21. The Morgan fingerprint density at radius 1 is 0.870 bits per heavy atom. The molecule has 0 bridgehead atoms. The summed E-state index contributed by atoms with van der Waals surface area (Å²) in [5, 5.41) is 13.2. The Kier molecular flexibility index (Phi) is 3.16. The first-order chi connectivity index (χ1) is 11.1. The molecule has 0 fully saturated rings. The maximum atomic E-state index is 10.9. The van der Waals surface area contributed by atoms with E-state index in [0.29, 0.717) is 0 Å². The van der Waals surface area contributed by atoms with Gasteiger partial charge in [0.25, 0.3) is 5.69 Å². The zero-order valence-electron chi connectivity index (χ0n) is 11.9. The van der Waals surface area contributed by atoms with Gasteiger partial charge in [0.1, 0.15) is 0 Å². The number of hydrogen-bond donors (Lipinski definition) is 0. The van der Waals surface area contributed by atoms with Crippen LogP contribution in [0.15, 0.2) is 71.2 Å². The average molecular weight is 367 g/mol. The lowest BCUT2D eigenvalue weighted by Crippen LogP contribution is -1.94. The molecule has 0 aliphatic rings. The highest BCUT2D eigenvalue weighted by Gasteiger charge is 2.13. The number of para-hydroxylation sites is 1. The molecule has 0 amide bonds. The Hall–Kier alpha value is -2.66. The summed E-state index contributed by atoms with van der Waals surface area (Å²) in [5.74, 6) is 0. The number of benzene rings is 3. The molecule has 0 N–H and O–H groups in total. The summed E-state index contributed by atoms with van der Waals surface area (Å²) in [7, 11) is 0. The van der Waals surface area contributed by atoms with E-state index in [1.807, 2.05) is 18.2 Å². The maximum absolute atomic E-state index is 10.9. The fraction of sp³-hybridized carbons (Fsp3) is 0. The van der Waals surface area contributed by atoms with Gasteiger partial charge in [0, 0.05) is 33.1 Å². The Morgan fingerprint density at radius 3 is 2.30 bits per heavy atom. The molecule has 112 valence electrons. The lowest BCUT2D eigenvalue weighted by Gasteiger charge is -2.07. The van der Waals surface area contributed by atoms with E-state index in [2.05, 4.69) is 44.8 Å². The molecule has 4 aromatic rings. The van der Waals surface area contributed by atoms with Crippen molar-refractivity contribution in [3.63, 3.8) is 0 Å². The second-order valence-corrected chi connectivity index (χ2v) is 6.20. The third-order valence-electron chi connectivity index (χ3n) is 3.95. The fourth-order valence-corrected chi connectivity index (χ4v) is 3.29. The lowest BCUT2D eigenvalue weighted by atomic mass is 10.2. The van der Waals surface area contributed by atoms with E-state index in [4.69, 9.17) is 0 Å². The zero-order chi connectivity index (χ0) is 16.0. The van der Waals surface area contributed by atoms with Crippen molar-refractivity contribution in [2.75, 3.05) is 0 Å². The molecule has 1 heterocycles. The van der Waals surface area contributed by atoms with Crippen LogP contribution < -0.4 is 0 Å². The van der Waals surface area contributed by atoms with Crippen molar-refractivity contribution >= 4 is 43.4 Å². The van der Waals surface area contributed by atoms with Crippen LogP contribution in [0.1, 0.15) is 0 Å². The van der Waals surface area contributed by atoms with E-state index < -0.39 is 0 Å². The Labute approximate surface area is 140 Å². The standard InChI is InChI=1S/C18H11BrN2O2/c19-12-5-10-16-15-3-1-2-4-17(15)20(18(16)11-12)13-6-8-14(9-7-13)21(22)23/h1-11H. The molecule has 0 radical (unpaired) electrons. The van der Waals surface area contributed by atoms with Crippen molar-refractivity contribution in [3.05, 3.63) is 81.3 Å². The molecule has 3 aromatic carbocycles. The summed E-state index contributed by atoms with van der Waals surface area (Å²) in [4.78, 5) is 10.5. The van der Waals surface area contributed by atoms with Crippen LogP contribution in [0.25, 0.3) is 27.5 Å². The van der Waals surface area contributed by atoms with Gasteiger partial charge in [-0.25, -0.2) is 0 Å². The summed E-state index contributed by atoms with van der Waals surface area (Å²) >= 11 is 3.52. The number of nitrogens with zero attached hydrogens (tertiary/aromatic N) is 2. The Morgan fingerprint density at radius 2 is 1.57 bits per heavy atom. The minimum atomic E-state index is -0.383. The van der Waals surface area contributed by atoms with Gasteiger partial charge < -0.3 is 4.57 Å². The lowest BCUT2D eigenvalue weighted by molar-refractivity contribution is -0.384. The molecule has 0 saturated heterocycles. The highest BCUT2D eigenvalue weighted by Crippen LogP contribution is 2.33. The van der Waals surface area contributed by atoms with Gasteiger partial charge in [-0.05, 0) is 30.3 Å². The summed E-state index contributed by atoms with van der Waals surface area (Å²) in [6.45, 7) is 0. The highest BCUT2D eigenvalue weighted by atomic mass is 79.9. The van der Waals surface area contributed by atoms with Gasteiger partial charge in [0.2, 0.25) is 0 Å². The minimum Gasteiger partial charge on any atom is -0.309 e. The number of aromatic nitrogens is 1. The predicted octanol–water partition coefficient (Wildman–Crippen LogP) is 5.45. The summed E-state index contributed by atoms with van der Waals surface area (Å²) < 4.78 is 3.12. The fourth-order valence-electron chi connectivity index (χ4n) is 2.95. The molecule has 0 unspecified atom stereocenters. The molecule has 0 spiro atoms. The smallest absolute Gasteiger partial charge is 0.269 e. The van der Waals surface area contributed by atoms with E-state index in [0.717, 1.165) is 32.0 Å². The van der Waals surface area contributed by atoms with Crippen molar-refractivity contribution in [1.82, 2.24) is 4.57 Å². The number of halogens is 1. The molecular formula is C18H11BrN2O2. The molecule has 4 rings (SSSR count).